The van der Waals surface area contributed by atoms with E-state index in [4.69, 9.17) is 0 Å². The Hall–Kier alpha value is -0.120. The second kappa shape index (κ2) is 15.8. The van der Waals surface area contributed by atoms with Gasteiger partial charge >= 0.3 is 0 Å². The summed E-state index contributed by atoms with van der Waals surface area (Å²) in [5.41, 5.74) is 0. The second-order valence-corrected chi connectivity index (χ2v) is 6.55. The molecule has 0 aromatic carbocycles. The van der Waals surface area contributed by atoms with E-state index in [1.165, 1.54) is 64.2 Å². The van der Waals surface area contributed by atoms with Gasteiger partial charge in [0.05, 0.1) is 0 Å². The maximum atomic E-state index is 9.95. The van der Waals surface area contributed by atoms with Crippen molar-refractivity contribution in [2.75, 3.05) is 6.54 Å². The molecule has 2 unspecified atom stereocenters. The Morgan fingerprint density at radius 2 is 0.955 bits per heavy atom. The molecule has 2 atom stereocenters. The van der Waals surface area contributed by atoms with E-state index in [-0.39, 0.29) is 0 Å². The van der Waals surface area contributed by atoms with Crippen molar-refractivity contribution < 1.29 is 10.2 Å². The molecule has 0 heterocycles. The van der Waals surface area contributed by atoms with Gasteiger partial charge in [0.2, 0.25) is 0 Å². The summed E-state index contributed by atoms with van der Waals surface area (Å²) in [5, 5.41) is 19.9. The van der Waals surface area contributed by atoms with Crippen molar-refractivity contribution >= 4 is 0 Å². The summed E-state index contributed by atoms with van der Waals surface area (Å²) in [6.45, 7) is 6.99. The molecule has 3 heteroatoms. The quantitative estimate of drug-likeness (QED) is 0.309. The van der Waals surface area contributed by atoms with Crippen LogP contribution in [-0.2, 0) is 0 Å². The first-order valence-corrected chi connectivity index (χ1v) is 9.79. The Morgan fingerprint density at radius 1 is 0.591 bits per heavy atom. The largest absolute Gasteiger partial charge is 0.378 e. The van der Waals surface area contributed by atoms with E-state index in [1.54, 1.807) is 0 Å². The molecule has 0 spiro atoms. The summed E-state index contributed by atoms with van der Waals surface area (Å²) in [7, 11) is 0. The maximum absolute atomic E-state index is 9.95. The predicted octanol–water partition coefficient (Wildman–Crippen LogP) is 5.06. The Kier molecular flexibility index (Phi) is 15.7. The summed E-state index contributed by atoms with van der Waals surface area (Å²) < 4.78 is 0. The molecule has 0 amide bonds. The molecule has 0 rings (SSSR count). The van der Waals surface area contributed by atoms with Crippen molar-refractivity contribution in [1.82, 2.24) is 4.90 Å². The van der Waals surface area contributed by atoms with Crippen molar-refractivity contribution in [3.63, 3.8) is 0 Å². The van der Waals surface area contributed by atoms with Gasteiger partial charge in [0, 0.05) is 6.54 Å². The van der Waals surface area contributed by atoms with Crippen molar-refractivity contribution in [3.05, 3.63) is 0 Å². The minimum Gasteiger partial charge on any atom is -0.378 e. The fraction of sp³-hybridized carbons (Fsp3) is 1.00. The molecule has 22 heavy (non-hydrogen) atoms. The first kappa shape index (κ1) is 21.9. The Morgan fingerprint density at radius 3 is 1.32 bits per heavy atom. The van der Waals surface area contributed by atoms with Crippen molar-refractivity contribution in [3.8, 4) is 0 Å². The molecule has 2 N–H and O–H groups in total. The van der Waals surface area contributed by atoms with Crippen LogP contribution < -0.4 is 0 Å². The van der Waals surface area contributed by atoms with Crippen molar-refractivity contribution in [2.45, 2.75) is 117 Å². The molecule has 0 aromatic heterocycles. The number of hydrogen-bond acceptors (Lipinski definition) is 3. The molecule has 0 saturated carbocycles. The standard InChI is InChI=1S/C19H41NO2/c1-4-7-8-9-10-11-12-13-14-15-16-17-20(18(21)5-2)19(22)6-3/h18-19,21-22H,4-17H2,1-3H3. The third-order valence-electron chi connectivity index (χ3n) is 4.52. The molecule has 0 aliphatic rings. The predicted molar refractivity (Wildman–Crippen MR) is 95.8 cm³/mol. The molecule has 0 bridgehead atoms. The number of aliphatic hydroxyl groups excluding tert-OH is 2. The van der Waals surface area contributed by atoms with E-state index < -0.39 is 12.5 Å². The third kappa shape index (κ3) is 11.4. The summed E-state index contributed by atoms with van der Waals surface area (Å²) in [6.07, 6.45) is 14.9. The van der Waals surface area contributed by atoms with E-state index in [0.717, 1.165) is 13.0 Å². The minimum absolute atomic E-state index is 0.502. The van der Waals surface area contributed by atoms with Gasteiger partial charge in [0.25, 0.3) is 0 Å². The van der Waals surface area contributed by atoms with Gasteiger partial charge in [-0.25, -0.2) is 0 Å². The SMILES string of the molecule is CCCCCCCCCCCCCN(C(O)CC)C(O)CC. The van der Waals surface area contributed by atoms with Crippen LogP contribution in [0.3, 0.4) is 0 Å². The Balaban J connectivity index is 3.50. The van der Waals surface area contributed by atoms with Gasteiger partial charge in [-0.15, -0.1) is 0 Å². The average Bonchev–Trinajstić information content (AvgIpc) is 2.54. The highest BCUT2D eigenvalue weighted by molar-refractivity contribution is 4.64. The lowest BCUT2D eigenvalue weighted by Gasteiger charge is -2.31. The number of nitrogens with zero attached hydrogens (tertiary/aromatic N) is 1. The van der Waals surface area contributed by atoms with Crippen molar-refractivity contribution in [2.24, 2.45) is 0 Å². The highest BCUT2D eigenvalue weighted by Gasteiger charge is 2.19. The Labute approximate surface area is 139 Å². The summed E-state index contributed by atoms with van der Waals surface area (Å²) >= 11 is 0. The third-order valence-corrected chi connectivity index (χ3v) is 4.52. The molecular formula is C19H41NO2. The van der Waals surface area contributed by atoms with E-state index in [0.29, 0.717) is 12.8 Å². The highest BCUT2D eigenvalue weighted by Crippen LogP contribution is 2.13. The van der Waals surface area contributed by atoms with Crippen LogP contribution in [0, 0.1) is 0 Å². The van der Waals surface area contributed by atoms with Gasteiger partial charge < -0.3 is 10.2 Å². The summed E-state index contributed by atoms with van der Waals surface area (Å²) in [6, 6.07) is 0. The van der Waals surface area contributed by atoms with Gasteiger partial charge in [-0.05, 0) is 19.3 Å². The van der Waals surface area contributed by atoms with Crippen LogP contribution in [0.2, 0.25) is 0 Å². The number of aliphatic hydroxyl groups is 2. The molecule has 0 radical (unpaired) electrons. The van der Waals surface area contributed by atoms with Crippen LogP contribution in [0.5, 0.6) is 0 Å². The monoisotopic (exact) mass is 315 g/mol. The smallest absolute Gasteiger partial charge is 0.109 e. The molecule has 134 valence electrons. The van der Waals surface area contributed by atoms with Crippen LogP contribution in [0.1, 0.15) is 104 Å². The molecule has 0 saturated heterocycles. The van der Waals surface area contributed by atoms with Crippen LogP contribution in [-0.4, -0.2) is 34.1 Å². The molecule has 0 fully saturated rings. The fourth-order valence-corrected chi connectivity index (χ4v) is 2.92. The Bertz CT molecular complexity index is 213. The molecule has 0 aliphatic heterocycles. The van der Waals surface area contributed by atoms with Crippen LogP contribution in [0.15, 0.2) is 0 Å². The molecular weight excluding hydrogens is 274 g/mol. The van der Waals surface area contributed by atoms with E-state index >= 15 is 0 Å². The normalized spacial score (nSPS) is 14.5. The van der Waals surface area contributed by atoms with Gasteiger partial charge in [0.15, 0.2) is 0 Å². The number of rotatable bonds is 16. The lowest BCUT2D eigenvalue weighted by atomic mass is 10.1. The summed E-state index contributed by atoms with van der Waals surface area (Å²) in [4.78, 5) is 1.84. The maximum Gasteiger partial charge on any atom is 0.109 e. The van der Waals surface area contributed by atoms with Gasteiger partial charge in [0.1, 0.15) is 12.5 Å². The highest BCUT2D eigenvalue weighted by atomic mass is 16.3. The lowest BCUT2D eigenvalue weighted by molar-refractivity contribution is -0.104. The van der Waals surface area contributed by atoms with Crippen molar-refractivity contribution in [1.29, 1.82) is 0 Å². The zero-order valence-corrected chi connectivity index (χ0v) is 15.4. The van der Waals surface area contributed by atoms with E-state index in [2.05, 4.69) is 6.92 Å². The fourth-order valence-electron chi connectivity index (χ4n) is 2.92. The van der Waals surface area contributed by atoms with Crippen LogP contribution in [0.25, 0.3) is 0 Å². The van der Waals surface area contributed by atoms with Gasteiger partial charge in [-0.1, -0.05) is 85.0 Å². The minimum atomic E-state index is -0.502. The van der Waals surface area contributed by atoms with E-state index in [1.807, 2.05) is 18.7 Å². The molecule has 3 nitrogen and oxygen atoms in total. The van der Waals surface area contributed by atoms with Gasteiger partial charge in [-0.3, -0.25) is 4.90 Å². The second-order valence-electron chi connectivity index (χ2n) is 6.55. The average molecular weight is 316 g/mol. The zero-order chi connectivity index (χ0) is 16.6. The number of unbranched alkanes of at least 4 members (excludes halogenated alkanes) is 10. The summed E-state index contributed by atoms with van der Waals surface area (Å²) in [5.74, 6) is 0. The topological polar surface area (TPSA) is 43.7 Å². The first-order valence-electron chi connectivity index (χ1n) is 9.79. The lowest BCUT2D eigenvalue weighted by Crippen LogP contribution is -2.43. The van der Waals surface area contributed by atoms with E-state index in [9.17, 15) is 10.2 Å². The van der Waals surface area contributed by atoms with Crippen LogP contribution in [0.4, 0.5) is 0 Å². The zero-order valence-electron chi connectivity index (χ0n) is 15.4. The van der Waals surface area contributed by atoms with Gasteiger partial charge in [-0.2, -0.15) is 0 Å². The number of hydrogen-bond donors (Lipinski definition) is 2. The van der Waals surface area contributed by atoms with Crippen LogP contribution >= 0.6 is 0 Å². The molecule has 0 aromatic rings. The first-order chi connectivity index (χ1) is 10.7. The molecule has 0 aliphatic carbocycles.